The normalized spacial score (nSPS) is 53.1. The third-order valence-corrected chi connectivity index (χ3v) is 19.5. The first-order valence-electron chi connectivity index (χ1n) is 30.8. The lowest BCUT2D eigenvalue weighted by molar-refractivity contribution is -0.222. The van der Waals surface area contributed by atoms with Crippen molar-refractivity contribution in [3.8, 4) is 0 Å². The fourth-order valence-corrected chi connectivity index (χ4v) is 14.8. The van der Waals surface area contributed by atoms with Crippen LogP contribution in [0.25, 0.3) is 0 Å². The van der Waals surface area contributed by atoms with Crippen molar-refractivity contribution in [2.24, 2.45) is 0 Å². The van der Waals surface area contributed by atoms with E-state index in [1.165, 1.54) is 0 Å². The van der Waals surface area contributed by atoms with Crippen LogP contribution in [0, 0.1) is 0 Å². The topological polar surface area (TPSA) is 400 Å². The molecule has 28 atom stereocenters. The summed E-state index contributed by atoms with van der Waals surface area (Å²) in [6.45, 7) is 8.72. The maximum absolute atomic E-state index is 4.27. The van der Waals surface area contributed by atoms with Crippen LogP contribution in [0.1, 0.15) is 27.7 Å². The van der Waals surface area contributed by atoms with Gasteiger partial charge in [-0.1, -0.05) is 0 Å². The summed E-state index contributed by atoms with van der Waals surface area (Å²) < 4.78 is 0. The highest BCUT2D eigenvalue weighted by atomic mass is 15.8. The predicted molar refractivity (Wildman–Crippen MR) is 312 cm³/mol. The minimum Gasteiger partial charge on any atom is -0.282 e. The van der Waals surface area contributed by atoms with Crippen LogP contribution in [0.3, 0.4) is 0 Å². The molecular weight excluding hydrogens is 1120 g/mol. The maximum Gasteiger partial charge on any atom is 0.123 e. The maximum atomic E-state index is 4.27. The number of hydrogen-bond acceptors (Lipinski definition) is 42. The molecule has 28 unspecified atom stereocenters. The molecule has 0 radical (unpaired) electrons. The van der Waals surface area contributed by atoms with Gasteiger partial charge >= 0.3 is 0 Å². The quantitative estimate of drug-likeness (QED) is 0.125. The highest BCUT2D eigenvalue weighted by Crippen LogP contribution is 2.28. The molecule has 0 amide bonds. The first-order valence-corrected chi connectivity index (χ1v) is 30.8. The standard InChI is InChI=1S/C44H102N42/c1-15-45-22-60-30(49-15)82-32-51-17(3)47-24(62-32)80(13)28-59-29-67-38(66-28)86-43-71-39(82)69-41(73-43)84(34-55-19(75(5)6)53-26(64-34)78(22)11)36-57-21(77(9)10)58-37(68-36)85-35-56-20(76(7)8)54-27(65-35)79(12)23-46-16(2)50-31(61-23)83(40-70-42(85)74-44(86)72-40)33-52-18(4)48-25(63-33)81(29)14/h15-74H,1-14H3. The lowest BCUT2D eigenvalue weighted by atomic mass is 10.2. The molecule has 15 heterocycles. The van der Waals surface area contributed by atoms with Crippen molar-refractivity contribution >= 4 is 0 Å². The van der Waals surface area contributed by atoms with Crippen molar-refractivity contribution in [2.45, 2.75) is 216 Å². The average Bonchev–Trinajstić information content (AvgIpc) is 0.781. The Kier molecular flexibility index (Phi) is 16.7. The molecule has 42 heteroatoms. The van der Waals surface area contributed by atoms with E-state index in [9.17, 15) is 0 Å². The third-order valence-electron chi connectivity index (χ3n) is 19.5. The van der Waals surface area contributed by atoms with Gasteiger partial charge in [-0.05, 0) is 98.2 Å². The summed E-state index contributed by atoms with van der Waals surface area (Å²) in [4.78, 5) is 28.0. The van der Waals surface area contributed by atoms with E-state index in [-0.39, 0.29) is 81.3 Å². The SMILES string of the molecule is CC1NC2NC(N1)N1C3NC(C)NC(N3)N(C)C3NC4NC(N3)N3C5NC1NC(N5)N(C1NC(N(C)C)NC(N1)N2C)C1NC(N(C)C)NC(N1)N1C2NC(N(C)C)NC(N2)N(C)C2NC(C)NC(N2)N(C2NC(C)NC(N2)N4C)C2NC1NC3N2. The predicted octanol–water partition coefficient (Wildman–Crippen LogP) is -17.4. The van der Waals surface area contributed by atoms with Crippen LogP contribution in [0.2, 0.25) is 0 Å². The summed E-state index contributed by atoms with van der Waals surface area (Å²) in [5.41, 5.74) is 0. The number of nitrogens with one attached hydrogen (secondary N) is 30. The van der Waals surface area contributed by atoms with Gasteiger partial charge in [0.1, 0.15) is 164 Å². The lowest BCUT2D eigenvalue weighted by Gasteiger charge is -2.64. The van der Waals surface area contributed by atoms with Crippen LogP contribution in [0.5, 0.6) is 0 Å². The van der Waals surface area contributed by atoms with Gasteiger partial charge in [-0.25, -0.2) is 24.5 Å². The number of rotatable bonds is 3. The van der Waals surface area contributed by atoms with Crippen molar-refractivity contribution in [1.29, 1.82) is 0 Å². The second kappa shape index (κ2) is 23.7. The lowest BCUT2D eigenvalue weighted by Crippen LogP contribution is -2.96. The molecule has 42 nitrogen and oxygen atoms in total. The molecule has 30 N–H and O–H groups in total. The summed E-state index contributed by atoms with van der Waals surface area (Å²) in [6.07, 6.45) is -12.7. The highest BCUT2D eigenvalue weighted by Gasteiger charge is 2.58. The second-order valence-corrected chi connectivity index (χ2v) is 26.1. The van der Waals surface area contributed by atoms with Crippen molar-refractivity contribution in [3.05, 3.63) is 0 Å². The van der Waals surface area contributed by atoms with E-state index < -0.39 is 107 Å². The number of fused-ring (bicyclic) bond motifs is 24. The molecule has 15 aliphatic heterocycles. The zero-order chi connectivity index (χ0) is 59.5. The van der Waals surface area contributed by atoms with Crippen molar-refractivity contribution in [3.63, 3.8) is 0 Å². The summed E-state index contributed by atoms with van der Waals surface area (Å²) in [5, 5.41) is 122. The average molecular weight is 1220 g/mol. The molecule has 15 fully saturated rings. The summed E-state index contributed by atoms with van der Waals surface area (Å²) in [6, 6.07) is 0. The summed E-state index contributed by atoms with van der Waals surface area (Å²) in [7, 11) is 21.2. The summed E-state index contributed by atoms with van der Waals surface area (Å²) in [5.74, 6) is 0. The van der Waals surface area contributed by atoms with Gasteiger partial charge in [0.15, 0.2) is 0 Å². The Morgan fingerprint density at radius 3 is 0.488 bits per heavy atom. The van der Waals surface area contributed by atoms with Gasteiger partial charge in [0.05, 0.1) is 24.7 Å². The van der Waals surface area contributed by atoms with E-state index in [2.05, 4.69) is 316 Å². The van der Waals surface area contributed by atoms with Crippen molar-refractivity contribution in [1.82, 2.24) is 218 Å². The van der Waals surface area contributed by atoms with E-state index in [0.717, 1.165) is 0 Å². The van der Waals surface area contributed by atoms with E-state index in [1.54, 1.807) is 0 Å². The van der Waals surface area contributed by atoms with E-state index in [1.807, 2.05) is 0 Å². The Hall–Kier alpha value is -1.68. The third kappa shape index (κ3) is 11.0. The van der Waals surface area contributed by atoms with Gasteiger partial charge in [-0.15, -0.1) is 0 Å². The molecule has 0 aromatic rings. The van der Waals surface area contributed by atoms with E-state index >= 15 is 0 Å². The van der Waals surface area contributed by atoms with Crippen molar-refractivity contribution < 1.29 is 0 Å². The van der Waals surface area contributed by atoms with Crippen LogP contribution in [-0.4, -0.2) is 317 Å². The van der Waals surface area contributed by atoms with E-state index in [0.29, 0.717) is 0 Å². The number of hydrogen-bond donors (Lipinski definition) is 30. The fraction of sp³-hybridized carbons (Fsp3) is 1.00. The Balaban J connectivity index is 0.980. The first kappa shape index (κ1) is 60.6. The molecule has 23 bridgehead atoms. The highest BCUT2D eigenvalue weighted by molar-refractivity contribution is 5.05. The van der Waals surface area contributed by atoms with Crippen LogP contribution in [0.15, 0.2) is 0 Å². The minimum atomic E-state index is -0.650. The van der Waals surface area contributed by atoms with E-state index in [4.69, 9.17) is 0 Å². The molecule has 0 aromatic carbocycles. The Morgan fingerprint density at radius 2 is 0.291 bits per heavy atom. The van der Waals surface area contributed by atoms with Gasteiger partial charge in [-0.3, -0.25) is 194 Å². The van der Waals surface area contributed by atoms with Crippen LogP contribution in [0.4, 0.5) is 0 Å². The molecular formula is C44H102N42. The Morgan fingerprint density at radius 1 is 0.174 bits per heavy atom. The van der Waals surface area contributed by atoms with Crippen LogP contribution in [-0.2, 0) is 0 Å². The zero-order valence-electron chi connectivity index (χ0n) is 51.7. The molecule has 15 aliphatic rings. The minimum absolute atomic E-state index is 0.122. The van der Waals surface area contributed by atoms with Crippen molar-refractivity contribution in [2.75, 3.05) is 70.5 Å². The molecule has 0 aromatic heterocycles. The Bertz CT molecular complexity index is 2210. The molecule has 0 aliphatic carbocycles. The Labute approximate surface area is 503 Å². The van der Waals surface area contributed by atoms with Gasteiger partial charge < -0.3 is 0 Å². The van der Waals surface area contributed by atoms with Crippen LogP contribution >= 0.6 is 0 Å². The largest absolute Gasteiger partial charge is 0.282 e. The first-order chi connectivity index (χ1) is 41.2. The van der Waals surface area contributed by atoms with Gasteiger partial charge in [-0.2, -0.15) is 0 Å². The van der Waals surface area contributed by atoms with Gasteiger partial charge in [0.2, 0.25) is 0 Å². The van der Waals surface area contributed by atoms with Gasteiger partial charge in [0, 0.05) is 0 Å². The molecule has 15 saturated heterocycles. The monoisotopic (exact) mass is 1220 g/mol. The molecule has 0 saturated carbocycles. The second-order valence-electron chi connectivity index (χ2n) is 26.1. The molecule has 0 spiro atoms. The fourth-order valence-electron chi connectivity index (χ4n) is 14.8. The number of nitrogens with zero attached hydrogens (tertiary/aromatic N) is 12. The summed E-state index contributed by atoms with van der Waals surface area (Å²) >= 11 is 0. The molecule has 15 rings (SSSR count). The van der Waals surface area contributed by atoms with Gasteiger partial charge in [0.25, 0.3) is 0 Å². The zero-order valence-corrected chi connectivity index (χ0v) is 51.7. The smallest absolute Gasteiger partial charge is 0.123 e. The van der Waals surface area contributed by atoms with Crippen LogP contribution < -0.4 is 160 Å². The molecule has 86 heavy (non-hydrogen) atoms. The molecule has 488 valence electrons.